The molecule has 2 aromatic heterocycles. The molecule has 2 heterocycles. The highest BCUT2D eigenvalue weighted by atomic mass is 32.2. The fraction of sp³-hybridized carbons (Fsp3) is 0.348. The summed E-state index contributed by atoms with van der Waals surface area (Å²) in [6, 6.07) is 9.72. The van der Waals surface area contributed by atoms with Gasteiger partial charge in [-0.2, -0.15) is 0 Å². The van der Waals surface area contributed by atoms with Crippen LogP contribution in [0, 0.1) is 13.8 Å². The number of carbonyl (C=O) groups excluding carboxylic acids is 1. The van der Waals surface area contributed by atoms with Gasteiger partial charge in [0.25, 0.3) is 0 Å². The molecular weight excluding hydrogens is 414 g/mol. The Hall–Kier alpha value is -3.00. The molecular formula is C23H25N3O4S. The Balaban J connectivity index is 1.82. The largest absolute Gasteiger partial charge is 0.352 e. The van der Waals surface area contributed by atoms with Gasteiger partial charge >= 0.3 is 0 Å². The Morgan fingerprint density at radius 2 is 1.77 bits per heavy atom. The van der Waals surface area contributed by atoms with Crippen LogP contribution in [0.3, 0.4) is 0 Å². The van der Waals surface area contributed by atoms with Crippen molar-refractivity contribution in [1.29, 1.82) is 0 Å². The van der Waals surface area contributed by atoms with Gasteiger partial charge in [0.2, 0.25) is 21.2 Å². The zero-order valence-corrected chi connectivity index (χ0v) is 18.4. The first-order chi connectivity index (χ1) is 14.8. The van der Waals surface area contributed by atoms with Crippen molar-refractivity contribution < 1.29 is 13.2 Å². The molecule has 0 unspecified atom stereocenters. The topological polar surface area (TPSA) is 98.1 Å². The van der Waals surface area contributed by atoms with Crippen LogP contribution < -0.4 is 10.7 Å². The van der Waals surface area contributed by atoms with E-state index in [0.29, 0.717) is 11.3 Å². The molecule has 4 rings (SSSR count). The number of aromatic nitrogens is 2. The molecule has 1 aromatic carbocycles. The van der Waals surface area contributed by atoms with Gasteiger partial charge in [-0.3, -0.25) is 9.59 Å². The van der Waals surface area contributed by atoms with E-state index in [1.54, 1.807) is 31.2 Å². The monoisotopic (exact) mass is 439 g/mol. The third kappa shape index (κ3) is 4.25. The van der Waals surface area contributed by atoms with E-state index in [0.717, 1.165) is 31.2 Å². The van der Waals surface area contributed by atoms with Crippen molar-refractivity contribution in [2.75, 3.05) is 0 Å². The number of amides is 1. The molecule has 0 bridgehead atoms. The van der Waals surface area contributed by atoms with Crippen LogP contribution in [-0.2, 0) is 21.2 Å². The molecule has 0 spiro atoms. The highest BCUT2D eigenvalue weighted by Crippen LogP contribution is 2.22. The van der Waals surface area contributed by atoms with E-state index in [9.17, 15) is 18.0 Å². The molecule has 1 fully saturated rings. The van der Waals surface area contributed by atoms with E-state index in [2.05, 4.69) is 10.3 Å². The number of rotatable bonds is 5. The molecule has 0 aliphatic heterocycles. The molecule has 1 aliphatic carbocycles. The third-order valence-electron chi connectivity index (χ3n) is 5.68. The maximum atomic E-state index is 13.3. The second-order valence-electron chi connectivity index (χ2n) is 8.14. The Morgan fingerprint density at radius 1 is 1.10 bits per heavy atom. The van der Waals surface area contributed by atoms with E-state index in [-0.39, 0.29) is 33.7 Å². The zero-order valence-electron chi connectivity index (χ0n) is 17.6. The molecule has 31 heavy (non-hydrogen) atoms. The summed E-state index contributed by atoms with van der Waals surface area (Å²) in [7, 11) is -4.06. The summed E-state index contributed by atoms with van der Waals surface area (Å²) >= 11 is 0. The number of nitrogens with zero attached hydrogens (tertiary/aromatic N) is 2. The molecule has 1 N–H and O–H groups in total. The van der Waals surface area contributed by atoms with Crippen molar-refractivity contribution in [3.05, 3.63) is 64.1 Å². The van der Waals surface area contributed by atoms with E-state index in [1.165, 1.54) is 22.9 Å². The first kappa shape index (κ1) is 21.2. The highest BCUT2D eigenvalue weighted by Gasteiger charge is 2.25. The number of carbonyl (C=O) groups is 1. The standard InChI is InChI=1S/C23H25N3O4S/c1-15-7-10-18(11-8-15)31(29,30)20-13-26(14-21(27)25-17-5-3-4-6-17)23-19(22(20)28)12-9-16(2)24-23/h7-13,17H,3-6,14H2,1-2H3,(H,25,27). The molecule has 0 atom stereocenters. The van der Waals surface area contributed by atoms with E-state index >= 15 is 0 Å². The molecule has 8 heteroatoms. The summed E-state index contributed by atoms with van der Waals surface area (Å²) in [5.74, 6) is -0.223. The average Bonchev–Trinajstić information content (AvgIpc) is 3.23. The van der Waals surface area contributed by atoms with Crippen LogP contribution in [0.2, 0.25) is 0 Å². The van der Waals surface area contributed by atoms with E-state index in [1.807, 2.05) is 6.92 Å². The molecule has 3 aromatic rings. The van der Waals surface area contributed by atoms with Crippen LogP contribution in [0.4, 0.5) is 0 Å². The van der Waals surface area contributed by atoms with E-state index < -0.39 is 15.3 Å². The lowest BCUT2D eigenvalue weighted by molar-refractivity contribution is -0.122. The lowest BCUT2D eigenvalue weighted by atomic mass is 10.2. The van der Waals surface area contributed by atoms with Crippen LogP contribution >= 0.6 is 0 Å². The SMILES string of the molecule is Cc1ccc(S(=O)(=O)c2cn(CC(=O)NC3CCCC3)c3nc(C)ccc3c2=O)cc1. The number of hydrogen-bond acceptors (Lipinski definition) is 5. The molecule has 0 saturated heterocycles. The number of aryl methyl sites for hydroxylation is 2. The molecule has 1 aliphatic rings. The molecule has 162 valence electrons. The second kappa shape index (κ2) is 8.26. The smallest absolute Gasteiger partial charge is 0.240 e. The summed E-state index contributed by atoms with van der Waals surface area (Å²) in [6.07, 6.45) is 5.32. The number of hydrogen-bond donors (Lipinski definition) is 1. The van der Waals surface area contributed by atoms with Gasteiger partial charge in [0.1, 0.15) is 17.1 Å². The van der Waals surface area contributed by atoms with Crippen LogP contribution in [0.15, 0.2) is 57.2 Å². The minimum Gasteiger partial charge on any atom is -0.352 e. The maximum absolute atomic E-state index is 13.3. The number of benzene rings is 1. The summed E-state index contributed by atoms with van der Waals surface area (Å²) in [4.78, 5) is 29.9. The third-order valence-corrected chi connectivity index (χ3v) is 7.45. The van der Waals surface area contributed by atoms with E-state index in [4.69, 9.17) is 0 Å². The van der Waals surface area contributed by atoms with Crippen LogP contribution in [0.5, 0.6) is 0 Å². The number of sulfone groups is 1. The Morgan fingerprint density at radius 3 is 2.45 bits per heavy atom. The van der Waals surface area contributed by atoms with Gasteiger partial charge in [0.15, 0.2) is 0 Å². The van der Waals surface area contributed by atoms with Crippen LogP contribution in [0.1, 0.15) is 36.9 Å². The predicted octanol–water partition coefficient (Wildman–Crippen LogP) is 2.90. The van der Waals surface area contributed by atoms with Gasteiger partial charge < -0.3 is 9.88 Å². The van der Waals surface area contributed by atoms with Crippen LogP contribution in [-0.4, -0.2) is 29.9 Å². The van der Waals surface area contributed by atoms with Gasteiger partial charge in [-0.1, -0.05) is 30.5 Å². The summed E-state index contributed by atoms with van der Waals surface area (Å²) in [5, 5.41) is 3.18. The van der Waals surface area contributed by atoms with Crippen molar-refractivity contribution >= 4 is 26.8 Å². The zero-order chi connectivity index (χ0) is 22.2. The molecule has 0 radical (unpaired) electrons. The van der Waals surface area contributed by atoms with Crippen LogP contribution in [0.25, 0.3) is 11.0 Å². The predicted molar refractivity (Wildman–Crippen MR) is 118 cm³/mol. The van der Waals surface area contributed by atoms with Gasteiger partial charge in [-0.05, 0) is 51.0 Å². The maximum Gasteiger partial charge on any atom is 0.240 e. The normalized spacial score (nSPS) is 14.8. The minimum absolute atomic E-state index is 0.0385. The lowest BCUT2D eigenvalue weighted by Gasteiger charge is -2.16. The molecule has 7 nitrogen and oxygen atoms in total. The lowest BCUT2D eigenvalue weighted by Crippen LogP contribution is -2.35. The van der Waals surface area contributed by atoms with Gasteiger partial charge in [-0.25, -0.2) is 13.4 Å². The summed E-state index contributed by atoms with van der Waals surface area (Å²) in [5.41, 5.74) is 1.27. The first-order valence-electron chi connectivity index (χ1n) is 10.4. The Labute approximate surface area is 181 Å². The average molecular weight is 440 g/mol. The van der Waals surface area contributed by atoms with Crippen molar-refractivity contribution in [3.63, 3.8) is 0 Å². The summed E-state index contributed by atoms with van der Waals surface area (Å²) in [6.45, 7) is 3.53. The minimum atomic E-state index is -4.06. The molecule has 1 saturated carbocycles. The fourth-order valence-corrected chi connectivity index (χ4v) is 5.36. The number of fused-ring (bicyclic) bond motifs is 1. The Bertz CT molecular complexity index is 1310. The fourth-order valence-electron chi connectivity index (χ4n) is 3.99. The Kier molecular flexibility index (Phi) is 5.66. The van der Waals surface area contributed by atoms with Crippen molar-refractivity contribution in [2.45, 2.75) is 61.9 Å². The van der Waals surface area contributed by atoms with Gasteiger partial charge in [0.05, 0.1) is 10.3 Å². The number of pyridine rings is 2. The highest BCUT2D eigenvalue weighted by molar-refractivity contribution is 7.91. The number of nitrogens with one attached hydrogen (secondary N) is 1. The van der Waals surface area contributed by atoms with Gasteiger partial charge in [-0.15, -0.1) is 0 Å². The van der Waals surface area contributed by atoms with Gasteiger partial charge in [0, 0.05) is 17.9 Å². The van der Waals surface area contributed by atoms with Crippen molar-refractivity contribution in [1.82, 2.24) is 14.9 Å². The summed E-state index contributed by atoms with van der Waals surface area (Å²) < 4.78 is 28.0. The van der Waals surface area contributed by atoms with Crippen molar-refractivity contribution in [2.24, 2.45) is 0 Å². The second-order valence-corrected chi connectivity index (χ2v) is 10.1. The first-order valence-corrected chi connectivity index (χ1v) is 11.9. The quantitative estimate of drug-likeness (QED) is 0.659. The van der Waals surface area contributed by atoms with Crippen molar-refractivity contribution in [3.8, 4) is 0 Å². The molecule has 1 amide bonds.